The summed E-state index contributed by atoms with van der Waals surface area (Å²) in [7, 11) is 0. The summed E-state index contributed by atoms with van der Waals surface area (Å²) in [6.45, 7) is 4.39. The molecule has 0 atom stereocenters. The number of carbonyl (C=O) groups excluding carboxylic acids is 1. The van der Waals surface area contributed by atoms with Gasteiger partial charge in [0.25, 0.3) is 5.97 Å². The van der Waals surface area contributed by atoms with Crippen LogP contribution in [0.25, 0.3) is 0 Å². The Hall–Kier alpha value is -1.79. The number of amides is 1. The van der Waals surface area contributed by atoms with E-state index in [1.165, 1.54) is 70.6 Å². The van der Waals surface area contributed by atoms with E-state index in [-0.39, 0.29) is 11.9 Å². The van der Waals surface area contributed by atoms with Crippen molar-refractivity contribution in [1.29, 1.82) is 5.41 Å². The highest BCUT2D eigenvalue weighted by atomic mass is 16.4. The molecule has 0 fully saturated rings. The van der Waals surface area contributed by atoms with Crippen molar-refractivity contribution in [3.8, 4) is 0 Å². The van der Waals surface area contributed by atoms with Crippen molar-refractivity contribution in [2.24, 2.45) is 5.73 Å². The number of aliphatic carboxylic acids is 1. The van der Waals surface area contributed by atoms with Crippen LogP contribution < -0.4 is 16.4 Å². The van der Waals surface area contributed by atoms with Crippen LogP contribution in [0.3, 0.4) is 0 Å². The summed E-state index contributed by atoms with van der Waals surface area (Å²) in [4.78, 5) is 20.6. The van der Waals surface area contributed by atoms with Gasteiger partial charge in [-0.05, 0) is 6.42 Å². The summed E-state index contributed by atoms with van der Waals surface area (Å²) in [6, 6.07) is 0. The number of carboxylic acid groups (broad SMARTS) is 1. The Morgan fingerprint density at radius 1 is 0.786 bits per heavy atom. The maximum atomic E-state index is 11.6. The first-order valence-electron chi connectivity index (χ1n) is 10.9. The fraction of sp³-hybridized carbons (Fsp3) is 0.857. The van der Waals surface area contributed by atoms with Crippen molar-refractivity contribution in [2.45, 2.75) is 104 Å². The van der Waals surface area contributed by atoms with Gasteiger partial charge < -0.3 is 21.5 Å². The molecule has 0 aliphatic carbocycles. The van der Waals surface area contributed by atoms with Crippen molar-refractivity contribution in [1.82, 2.24) is 10.6 Å². The van der Waals surface area contributed by atoms with Crippen molar-refractivity contribution >= 4 is 17.8 Å². The minimum Gasteiger partial charge on any atom is -0.481 e. The van der Waals surface area contributed by atoms with Gasteiger partial charge >= 0.3 is 0 Å². The number of carboxylic acids is 1. The fourth-order valence-electron chi connectivity index (χ4n) is 2.79. The number of nitrogens with two attached hydrogens (primary N) is 1. The molecule has 0 aliphatic heterocycles. The standard InChI is InChI=1S/C19H40N4O.C2H4O2/c1-2-3-4-5-6-7-8-9-10-11-12-13-14-15-18(24)22-16-17-23-19(20)21;1-2(3)4/h2-17H2,1H3,(H,22,24)(H4,20,21,23);1H3,(H,3,4). The fourth-order valence-corrected chi connectivity index (χ4v) is 2.79. The molecule has 0 aromatic carbocycles. The van der Waals surface area contributed by atoms with E-state index in [4.69, 9.17) is 21.0 Å². The Kier molecular flexibility index (Phi) is 23.6. The number of hydrogen-bond acceptors (Lipinski definition) is 3. The molecule has 0 aromatic rings. The molecular formula is C21H44N4O3. The third-order valence-corrected chi connectivity index (χ3v) is 4.27. The zero-order chi connectivity index (χ0) is 21.5. The van der Waals surface area contributed by atoms with Crippen molar-refractivity contribution in [2.75, 3.05) is 13.1 Å². The maximum Gasteiger partial charge on any atom is 0.300 e. The van der Waals surface area contributed by atoms with E-state index < -0.39 is 5.97 Å². The average molecular weight is 401 g/mol. The van der Waals surface area contributed by atoms with Crippen LogP contribution in [-0.4, -0.2) is 36.0 Å². The molecule has 1 amide bonds. The Labute approximate surface area is 171 Å². The second-order valence-electron chi connectivity index (χ2n) is 7.20. The number of nitrogens with one attached hydrogen (secondary N) is 3. The third kappa shape index (κ3) is 31.9. The third-order valence-electron chi connectivity index (χ3n) is 4.27. The molecule has 0 spiro atoms. The van der Waals surface area contributed by atoms with E-state index in [9.17, 15) is 4.79 Å². The van der Waals surface area contributed by atoms with Crippen LogP contribution in [0.4, 0.5) is 0 Å². The van der Waals surface area contributed by atoms with Crippen molar-refractivity contribution in [3.05, 3.63) is 0 Å². The Bertz CT molecular complexity index is 386. The lowest BCUT2D eigenvalue weighted by molar-refractivity contribution is -0.134. The number of guanidine groups is 1. The molecule has 0 rings (SSSR count). The van der Waals surface area contributed by atoms with Crippen LogP contribution in [0.5, 0.6) is 0 Å². The molecule has 166 valence electrons. The quantitative estimate of drug-likeness (QED) is 0.142. The first-order valence-corrected chi connectivity index (χ1v) is 10.9. The molecule has 7 nitrogen and oxygen atoms in total. The highest BCUT2D eigenvalue weighted by Gasteiger charge is 2.00. The highest BCUT2D eigenvalue weighted by Crippen LogP contribution is 2.12. The number of hydrogen-bond donors (Lipinski definition) is 5. The normalized spacial score (nSPS) is 9.93. The number of rotatable bonds is 17. The molecule has 28 heavy (non-hydrogen) atoms. The summed E-state index contributed by atoms with van der Waals surface area (Å²) < 4.78 is 0. The van der Waals surface area contributed by atoms with Crippen LogP contribution in [0, 0.1) is 5.41 Å². The van der Waals surface area contributed by atoms with Gasteiger partial charge in [-0.3, -0.25) is 15.0 Å². The largest absolute Gasteiger partial charge is 0.481 e. The smallest absolute Gasteiger partial charge is 0.300 e. The van der Waals surface area contributed by atoms with Crippen LogP contribution >= 0.6 is 0 Å². The lowest BCUT2D eigenvalue weighted by Crippen LogP contribution is -2.37. The summed E-state index contributed by atoms with van der Waals surface area (Å²) in [5.41, 5.74) is 5.16. The monoisotopic (exact) mass is 400 g/mol. The summed E-state index contributed by atoms with van der Waals surface area (Å²) in [6.07, 6.45) is 17.8. The maximum absolute atomic E-state index is 11.6. The predicted octanol–water partition coefficient (Wildman–Crippen LogP) is 4.16. The molecule has 0 bridgehead atoms. The molecule has 6 N–H and O–H groups in total. The van der Waals surface area contributed by atoms with Crippen molar-refractivity contribution in [3.63, 3.8) is 0 Å². The molecule has 0 saturated heterocycles. The minimum atomic E-state index is -0.833. The summed E-state index contributed by atoms with van der Waals surface area (Å²) >= 11 is 0. The van der Waals surface area contributed by atoms with Crippen LogP contribution in [0.1, 0.15) is 104 Å². The molecule has 0 unspecified atom stereocenters. The van der Waals surface area contributed by atoms with Crippen LogP contribution in [0.2, 0.25) is 0 Å². The van der Waals surface area contributed by atoms with Crippen LogP contribution in [-0.2, 0) is 9.59 Å². The van der Waals surface area contributed by atoms with Crippen LogP contribution in [0.15, 0.2) is 0 Å². The average Bonchev–Trinajstić information content (AvgIpc) is 2.62. The second kappa shape index (κ2) is 23.2. The number of unbranched alkanes of at least 4 members (excludes halogenated alkanes) is 12. The SMILES string of the molecule is CC(=O)O.CCCCCCCCCCCCCCCC(=O)NCCNC(=N)N. The first kappa shape index (κ1) is 28.4. The molecule has 0 aliphatic rings. The summed E-state index contributed by atoms with van der Waals surface area (Å²) in [5.74, 6) is -0.788. The van der Waals surface area contributed by atoms with Gasteiger partial charge in [-0.15, -0.1) is 0 Å². The number of carbonyl (C=O) groups is 2. The van der Waals surface area contributed by atoms with Gasteiger partial charge in [0.1, 0.15) is 0 Å². The lowest BCUT2D eigenvalue weighted by Gasteiger charge is -2.06. The second-order valence-corrected chi connectivity index (χ2v) is 7.20. The van der Waals surface area contributed by atoms with Gasteiger partial charge in [0.15, 0.2) is 5.96 Å². The minimum absolute atomic E-state index is 0.0549. The predicted molar refractivity (Wildman–Crippen MR) is 117 cm³/mol. The van der Waals surface area contributed by atoms with E-state index in [0.29, 0.717) is 19.5 Å². The summed E-state index contributed by atoms with van der Waals surface area (Å²) in [5, 5.41) is 19.9. The van der Waals surface area contributed by atoms with E-state index in [1.54, 1.807) is 0 Å². The molecule has 0 saturated carbocycles. The van der Waals surface area contributed by atoms with E-state index in [0.717, 1.165) is 19.8 Å². The van der Waals surface area contributed by atoms with Gasteiger partial charge in [0, 0.05) is 26.4 Å². The molecule has 0 radical (unpaired) electrons. The van der Waals surface area contributed by atoms with E-state index in [1.807, 2.05) is 0 Å². The topological polar surface area (TPSA) is 128 Å². The first-order chi connectivity index (χ1) is 13.4. The van der Waals surface area contributed by atoms with E-state index in [2.05, 4.69) is 17.6 Å². The molecular weight excluding hydrogens is 356 g/mol. The van der Waals surface area contributed by atoms with Gasteiger partial charge in [-0.2, -0.15) is 0 Å². The molecule has 7 heteroatoms. The Morgan fingerprint density at radius 2 is 1.14 bits per heavy atom. The lowest BCUT2D eigenvalue weighted by atomic mass is 10.0. The Balaban J connectivity index is 0. The zero-order valence-electron chi connectivity index (χ0n) is 18.2. The van der Waals surface area contributed by atoms with Gasteiger partial charge in [0.2, 0.25) is 5.91 Å². The molecule has 0 aromatic heterocycles. The highest BCUT2D eigenvalue weighted by molar-refractivity contribution is 5.76. The van der Waals surface area contributed by atoms with Crippen molar-refractivity contribution < 1.29 is 14.7 Å². The van der Waals surface area contributed by atoms with Gasteiger partial charge in [0.05, 0.1) is 0 Å². The van der Waals surface area contributed by atoms with E-state index >= 15 is 0 Å². The Morgan fingerprint density at radius 3 is 1.54 bits per heavy atom. The molecule has 0 heterocycles. The van der Waals surface area contributed by atoms with Gasteiger partial charge in [-0.25, -0.2) is 0 Å². The van der Waals surface area contributed by atoms with Gasteiger partial charge in [-0.1, -0.05) is 84.0 Å². The zero-order valence-corrected chi connectivity index (χ0v) is 18.2.